The van der Waals surface area contributed by atoms with E-state index >= 15 is 0 Å². The van der Waals surface area contributed by atoms with Crippen molar-refractivity contribution in [3.05, 3.63) is 47.5 Å². The second-order valence-electron chi connectivity index (χ2n) is 11.9. The molecule has 2 aromatic rings. The van der Waals surface area contributed by atoms with E-state index in [1.807, 2.05) is 36.4 Å². The molecule has 0 saturated carbocycles. The van der Waals surface area contributed by atoms with Crippen molar-refractivity contribution in [3.63, 3.8) is 0 Å². The summed E-state index contributed by atoms with van der Waals surface area (Å²) in [5.74, 6) is 1.85. The van der Waals surface area contributed by atoms with Crippen molar-refractivity contribution in [1.29, 1.82) is 0 Å². The van der Waals surface area contributed by atoms with Crippen LogP contribution in [0.1, 0.15) is 11.1 Å². The number of fused-ring (bicyclic) bond motifs is 2. The first-order valence-corrected chi connectivity index (χ1v) is 15.2. The zero-order chi connectivity index (χ0) is 32.4. The number of hydrogen-bond donors (Lipinski definition) is 7. The minimum Gasteiger partial charge on any atom is -0.454 e. The zero-order valence-corrected chi connectivity index (χ0v) is 24.9. The topological polar surface area (TPSA) is 215 Å². The molecule has 0 aromatic heterocycles. The van der Waals surface area contributed by atoms with Crippen LogP contribution >= 0.6 is 0 Å². The highest BCUT2D eigenvalue weighted by Crippen LogP contribution is 2.36. The Morgan fingerprint density at radius 3 is 1.72 bits per heavy atom. The van der Waals surface area contributed by atoms with Gasteiger partial charge in [0.15, 0.2) is 35.6 Å². The smallest absolute Gasteiger partial charge is 0.231 e. The van der Waals surface area contributed by atoms with Gasteiger partial charge < -0.3 is 73.6 Å². The van der Waals surface area contributed by atoms with Crippen LogP contribution in [0.5, 0.6) is 23.0 Å². The van der Waals surface area contributed by atoms with E-state index in [9.17, 15) is 35.7 Å². The standard InChI is InChI=1S/C31H40O15/c32-9-17(5-15-1-3-19-21(7-15)43-13-41-19)18(6-16-2-4-20-22(8-16)44-14-42-20)11-39-31-29(38)27(36)26(35)24(46-31)12-40-30-28(37)25(34)23(10-33)45-30/h1-4,7-8,17-18,23-38H,5-6,9-14H2/t17-,18-,23-,24+,25-,26+,27-,28+,29+,30+,31+/m0/s1. The van der Waals surface area contributed by atoms with Crippen molar-refractivity contribution >= 4 is 0 Å². The predicted molar refractivity (Wildman–Crippen MR) is 153 cm³/mol. The van der Waals surface area contributed by atoms with Gasteiger partial charge in [0, 0.05) is 6.61 Å². The minimum atomic E-state index is -1.66. The van der Waals surface area contributed by atoms with Crippen molar-refractivity contribution < 1.29 is 73.6 Å². The Balaban J connectivity index is 1.15. The molecule has 0 radical (unpaired) electrons. The van der Waals surface area contributed by atoms with Crippen LogP contribution in [0.25, 0.3) is 0 Å². The molecule has 0 unspecified atom stereocenters. The van der Waals surface area contributed by atoms with E-state index < -0.39 is 68.5 Å². The molecule has 4 aliphatic rings. The van der Waals surface area contributed by atoms with Crippen LogP contribution in [0.4, 0.5) is 0 Å². The van der Waals surface area contributed by atoms with Crippen LogP contribution < -0.4 is 18.9 Å². The van der Waals surface area contributed by atoms with Gasteiger partial charge in [0.1, 0.15) is 42.7 Å². The number of rotatable bonds is 13. The highest BCUT2D eigenvalue weighted by molar-refractivity contribution is 5.45. The molecule has 4 heterocycles. The van der Waals surface area contributed by atoms with Crippen molar-refractivity contribution in [2.24, 2.45) is 11.8 Å². The maximum Gasteiger partial charge on any atom is 0.231 e. The molecule has 2 aromatic carbocycles. The van der Waals surface area contributed by atoms with Crippen molar-refractivity contribution in [1.82, 2.24) is 0 Å². The van der Waals surface area contributed by atoms with Gasteiger partial charge in [-0.15, -0.1) is 0 Å². The number of ether oxygens (including phenoxy) is 8. The van der Waals surface area contributed by atoms with Crippen LogP contribution in [-0.2, 0) is 31.8 Å². The summed E-state index contributed by atoms with van der Waals surface area (Å²) in [5, 5.41) is 72.0. The Morgan fingerprint density at radius 1 is 0.609 bits per heavy atom. The summed E-state index contributed by atoms with van der Waals surface area (Å²) in [4.78, 5) is 0. The van der Waals surface area contributed by atoms with Gasteiger partial charge in [0.05, 0.1) is 19.8 Å². The number of aliphatic hydroxyl groups excluding tert-OH is 7. The Morgan fingerprint density at radius 2 is 1.13 bits per heavy atom. The first-order chi connectivity index (χ1) is 22.2. The Labute approximate surface area is 264 Å². The Hall–Kier alpha value is -2.80. The van der Waals surface area contributed by atoms with E-state index in [-0.39, 0.29) is 38.6 Å². The molecule has 2 saturated heterocycles. The maximum atomic E-state index is 10.7. The Kier molecular flexibility index (Phi) is 10.5. The van der Waals surface area contributed by atoms with Crippen molar-refractivity contribution in [2.75, 3.05) is 40.0 Å². The van der Waals surface area contributed by atoms with Crippen LogP contribution in [-0.4, -0.2) is 131 Å². The molecule has 46 heavy (non-hydrogen) atoms. The van der Waals surface area contributed by atoms with Gasteiger partial charge in [-0.2, -0.15) is 0 Å². The van der Waals surface area contributed by atoms with Gasteiger partial charge in [0.25, 0.3) is 0 Å². The second-order valence-corrected chi connectivity index (χ2v) is 11.9. The number of benzene rings is 2. The highest BCUT2D eigenvalue weighted by atomic mass is 16.7. The molecule has 2 fully saturated rings. The summed E-state index contributed by atoms with van der Waals surface area (Å²) < 4.78 is 44.6. The van der Waals surface area contributed by atoms with E-state index in [1.165, 1.54) is 0 Å². The lowest BCUT2D eigenvalue weighted by molar-refractivity contribution is -0.312. The maximum absolute atomic E-state index is 10.7. The van der Waals surface area contributed by atoms with Gasteiger partial charge in [-0.1, -0.05) is 12.1 Å². The average molecular weight is 653 g/mol. The molecule has 0 amide bonds. The lowest BCUT2D eigenvalue weighted by Gasteiger charge is -2.41. The SMILES string of the molecule is OC[C@H](Cc1ccc2c(c1)OCO2)[C@H](CO[C@@H]1O[C@H](CO[C@@H]2O[C@@H](CO)[C@H](O)[C@H]2O)[C@@H](O)[C@H](O)[C@H]1O)Cc1ccc2c(c1)OCO2. The van der Waals surface area contributed by atoms with Crippen LogP contribution in [0.15, 0.2) is 36.4 Å². The van der Waals surface area contributed by atoms with Gasteiger partial charge in [-0.3, -0.25) is 0 Å². The minimum absolute atomic E-state index is 0.0167. The first-order valence-electron chi connectivity index (χ1n) is 15.2. The lowest BCUT2D eigenvalue weighted by Crippen LogP contribution is -2.59. The molecular weight excluding hydrogens is 612 g/mol. The van der Waals surface area contributed by atoms with Crippen LogP contribution in [0, 0.1) is 11.8 Å². The first kappa shape index (κ1) is 33.1. The fourth-order valence-electron chi connectivity index (χ4n) is 6.09. The molecule has 0 bridgehead atoms. The summed E-state index contributed by atoms with van der Waals surface area (Å²) in [6, 6.07) is 11.2. The molecule has 11 atom stereocenters. The van der Waals surface area contributed by atoms with E-state index in [4.69, 9.17) is 37.9 Å². The largest absolute Gasteiger partial charge is 0.454 e. The predicted octanol–water partition coefficient (Wildman–Crippen LogP) is -1.57. The summed E-state index contributed by atoms with van der Waals surface area (Å²) in [6.07, 6.45) is -11.8. The summed E-state index contributed by atoms with van der Waals surface area (Å²) in [7, 11) is 0. The van der Waals surface area contributed by atoms with Gasteiger partial charge in [-0.25, -0.2) is 0 Å². The third-order valence-electron chi connectivity index (χ3n) is 8.84. The highest BCUT2D eigenvalue weighted by Gasteiger charge is 2.47. The van der Waals surface area contributed by atoms with Crippen molar-refractivity contribution in [3.8, 4) is 23.0 Å². The third kappa shape index (κ3) is 7.05. The summed E-state index contributed by atoms with van der Waals surface area (Å²) in [6.45, 7) is -0.891. The fourth-order valence-corrected chi connectivity index (χ4v) is 6.09. The zero-order valence-electron chi connectivity index (χ0n) is 24.9. The quantitative estimate of drug-likeness (QED) is 0.130. The van der Waals surface area contributed by atoms with E-state index in [0.717, 1.165) is 11.1 Å². The third-order valence-corrected chi connectivity index (χ3v) is 8.84. The van der Waals surface area contributed by atoms with E-state index in [1.54, 1.807) is 0 Å². The fraction of sp³-hybridized carbons (Fsp3) is 0.613. The molecule has 0 aliphatic carbocycles. The molecule has 0 spiro atoms. The van der Waals surface area contributed by atoms with Crippen LogP contribution in [0.3, 0.4) is 0 Å². The van der Waals surface area contributed by atoms with Gasteiger partial charge >= 0.3 is 0 Å². The molecule has 6 rings (SSSR count). The molecule has 15 nitrogen and oxygen atoms in total. The lowest BCUT2D eigenvalue weighted by atomic mass is 9.83. The normalized spacial score (nSPS) is 32.9. The van der Waals surface area contributed by atoms with Crippen LogP contribution in [0.2, 0.25) is 0 Å². The summed E-state index contributed by atoms with van der Waals surface area (Å²) in [5.41, 5.74) is 1.81. The second kappa shape index (κ2) is 14.5. The monoisotopic (exact) mass is 652 g/mol. The number of hydrogen-bond acceptors (Lipinski definition) is 15. The Bertz CT molecular complexity index is 1310. The molecule has 4 aliphatic heterocycles. The summed E-state index contributed by atoms with van der Waals surface area (Å²) >= 11 is 0. The van der Waals surface area contributed by atoms with E-state index in [0.29, 0.717) is 35.8 Å². The number of aliphatic hydroxyl groups is 7. The molecular formula is C31H40O15. The van der Waals surface area contributed by atoms with Gasteiger partial charge in [0.2, 0.25) is 13.6 Å². The average Bonchev–Trinajstić information content (AvgIpc) is 3.80. The van der Waals surface area contributed by atoms with Crippen molar-refractivity contribution in [2.45, 2.75) is 68.1 Å². The molecule has 254 valence electrons. The molecule has 15 heteroatoms. The van der Waals surface area contributed by atoms with Gasteiger partial charge in [-0.05, 0) is 60.1 Å². The van der Waals surface area contributed by atoms with E-state index in [2.05, 4.69) is 0 Å². The molecule has 7 N–H and O–H groups in total.